The van der Waals surface area contributed by atoms with Crippen LogP contribution in [-0.2, 0) is 0 Å². The van der Waals surface area contributed by atoms with Crippen LogP contribution in [0.2, 0.25) is 0 Å². The summed E-state index contributed by atoms with van der Waals surface area (Å²) in [6.07, 6.45) is 3.89. The van der Waals surface area contributed by atoms with Crippen LogP contribution in [0.5, 0.6) is 11.5 Å². The number of carbonyl (C=O) groups excluding carboxylic acids is 1. The smallest absolute Gasteiger partial charge is 0.270 e. The summed E-state index contributed by atoms with van der Waals surface area (Å²) >= 11 is 0. The van der Waals surface area contributed by atoms with Gasteiger partial charge in [-0.05, 0) is 30.2 Å². The molecule has 0 aromatic heterocycles. The lowest BCUT2D eigenvalue weighted by Gasteiger charge is -2.10. The third-order valence-electron chi connectivity index (χ3n) is 3.42. The van der Waals surface area contributed by atoms with Crippen LogP contribution >= 0.6 is 0 Å². The second kappa shape index (κ2) is 8.63. The van der Waals surface area contributed by atoms with E-state index in [4.69, 9.17) is 9.47 Å². The zero-order valence-electron chi connectivity index (χ0n) is 14.1. The maximum absolute atomic E-state index is 12.2. The van der Waals surface area contributed by atoms with E-state index >= 15 is 0 Å². The summed E-state index contributed by atoms with van der Waals surface area (Å²) in [6, 6.07) is 11.0. The van der Waals surface area contributed by atoms with Crippen LogP contribution in [0.25, 0.3) is 6.08 Å². The van der Waals surface area contributed by atoms with Crippen molar-refractivity contribution in [1.82, 2.24) is 0 Å². The van der Waals surface area contributed by atoms with Crippen LogP contribution in [-0.4, -0.2) is 24.4 Å². The molecule has 2 rings (SSSR count). The Morgan fingerprint density at radius 1 is 1.20 bits per heavy atom. The highest BCUT2D eigenvalue weighted by Gasteiger charge is 2.10. The first kappa shape index (κ1) is 18.2. The van der Waals surface area contributed by atoms with Crippen molar-refractivity contribution in [2.45, 2.75) is 13.3 Å². The molecule has 2 aromatic rings. The number of benzene rings is 2. The van der Waals surface area contributed by atoms with Gasteiger partial charge in [-0.25, -0.2) is 0 Å². The summed E-state index contributed by atoms with van der Waals surface area (Å²) in [5, 5.41) is 10.8. The molecule has 0 atom stereocenters. The van der Waals surface area contributed by atoms with Crippen molar-refractivity contribution in [3.05, 3.63) is 69.8 Å². The van der Waals surface area contributed by atoms with E-state index in [9.17, 15) is 14.9 Å². The van der Waals surface area contributed by atoms with Crippen LogP contribution in [0.3, 0.4) is 0 Å². The highest BCUT2D eigenvalue weighted by Crippen LogP contribution is 2.28. The van der Waals surface area contributed by atoms with Gasteiger partial charge in [0.15, 0.2) is 17.3 Å². The fraction of sp³-hybridized carbons (Fsp3) is 0.211. The first-order valence-electron chi connectivity index (χ1n) is 7.83. The summed E-state index contributed by atoms with van der Waals surface area (Å²) in [5.74, 6) is 0.917. The quantitative estimate of drug-likeness (QED) is 0.310. The molecule has 0 saturated carbocycles. The number of ketones is 1. The van der Waals surface area contributed by atoms with E-state index in [0.29, 0.717) is 18.1 Å². The minimum Gasteiger partial charge on any atom is -0.493 e. The highest BCUT2D eigenvalue weighted by molar-refractivity contribution is 6.07. The third kappa shape index (κ3) is 4.91. The summed E-state index contributed by atoms with van der Waals surface area (Å²) in [6.45, 7) is 2.57. The molecule has 0 bridgehead atoms. The summed E-state index contributed by atoms with van der Waals surface area (Å²) in [7, 11) is 1.56. The molecule has 130 valence electrons. The molecule has 0 spiro atoms. The van der Waals surface area contributed by atoms with E-state index in [-0.39, 0.29) is 17.0 Å². The van der Waals surface area contributed by atoms with Gasteiger partial charge in [0.2, 0.25) is 0 Å². The topological polar surface area (TPSA) is 78.7 Å². The Hall–Kier alpha value is -3.15. The fourth-order valence-electron chi connectivity index (χ4n) is 2.16. The van der Waals surface area contributed by atoms with Crippen LogP contribution in [0.15, 0.2) is 48.5 Å². The molecule has 2 aromatic carbocycles. The number of carbonyl (C=O) groups is 1. The maximum atomic E-state index is 12.2. The molecule has 6 nitrogen and oxygen atoms in total. The van der Waals surface area contributed by atoms with E-state index in [1.54, 1.807) is 37.5 Å². The Balaban J connectivity index is 2.19. The lowest BCUT2D eigenvalue weighted by Crippen LogP contribution is -1.98. The molecule has 0 amide bonds. The van der Waals surface area contributed by atoms with E-state index in [1.807, 2.05) is 6.92 Å². The van der Waals surface area contributed by atoms with E-state index in [1.165, 1.54) is 24.3 Å². The number of non-ortho nitro benzene ring substituents is 1. The Morgan fingerprint density at radius 3 is 2.68 bits per heavy atom. The van der Waals surface area contributed by atoms with E-state index < -0.39 is 4.92 Å². The number of nitro benzene ring substituents is 1. The summed E-state index contributed by atoms with van der Waals surface area (Å²) in [4.78, 5) is 22.5. The number of hydrogen-bond acceptors (Lipinski definition) is 5. The average Bonchev–Trinajstić information content (AvgIpc) is 2.64. The van der Waals surface area contributed by atoms with Crippen LogP contribution < -0.4 is 9.47 Å². The SMILES string of the molecule is CCCOc1cc(/C=C/C(=O)c2cccc([N+](=O)[O-])c2)ccc1OC. The van der Waals surface area contributed by atoms with Gasteiger partial charge in [0.25, 0.3) is 5.69 Å². The molecule has 0 fully saturated rings. The maximum Gasteiger partial charge on any atom is 0.270 e. The predicted octanol–water partition coefficient (Wildman–Crippen LogP) is 4.29. The lowest BCUT2D eigenvalue weighted by atomic mass is 10.1. The van der Waals surface area contributed by atoms with Gasteiger partial charge in [0.1, 0.15) is 0 Å². The van der Waals surface area contributed by atoms with Crippen molar-refractivity contribution in [3.8, 4) is 11.5 Å². The van der Waals surface area contributed by atoms with Crippen LogP contribution in [0, 0.1) is 10.1 Å². The Bertz CT molecular complexity index is 798. The fourth-order valence-corrected chi connectivity index (χ4v) is 2.16. The van der Waals surface area contributed by atoms with Gasteiger partial charge in [0.05, 0.1) is 18.6 Å². The molecule has 0 radical (unpaired) electrons. The van der Waals surface area contributed by atoms with Crippen LogP contribution in [0.1, 0.15) is 29.3 Å². The molecule has 0 aliphatic carbocycles. The number of nitro groups is 1. The molecule has 0 aliphatic rings. The molecule has 25 heavy (non-hydrogen) atoms. The predicted molar refractivity (Wildman–Crippen MR) is 95.2 cm³/mol. The largest absolute Gasteiger partial charge is 0.493 e. The normalized spacial score (nSPS) is 10.6. The number of nitrogens with zero attached hydrogens (tertiary/aromatic N) is 1. The number of ether oxygens (including phenoxy) is 2. The third-order valence-corrected chi connectivity index (χ3v) is 3.42. The molecular weight excluding hydrogens is 322 g/mol. The van der Waals surface area contributed by atoms with Gasteiger partial charge in [0, 0.05) is 17.7 Å². The summed E-state index contributed by atoms with van der Waals surface area (Å²) < 4.78 is 10.9. The van der Waals surface area contributed by atoms with Crippen molar-refractivity contribution in [2.75, 3.05) is 13.7 Å². The molecule has 6 heteroatoms. The average molecular weight is 341 g/mol. The van der Waals surface area contributed by atoms with Gasteiger partial charge < -0.3 is 9.47 Å². The number of methoxy groups -OCH3 is 1. The van der Waals surface area contributed by atoms with Gasteiger partial charge >= 0.3 is 0 Å². The first-order chi connectivity index (χ1) is 12.0. The zero-order valence-corrected chi connectivity index (χ0v) is 14.1. The van der Waals surface area contributed by atoms with Gasteiger partial charge in [-0.1, -0.05) is 31.2 Å². The van der Waals surface area contributed by atoms with Gasteiger partial charge in [-0.3, -0.25) is 14.9 Å². The molecule has 0 heterocycles. The van der Waals surface area contributed by atoms with Crippen molar-refractivity contribution in [3.63, 3.8) is 0 Å². The molecule has 0 unspecified atom stereocenters. The van der Waals surface area contributed by atoms with Crippen molar-refractivity contribution in [2.24, 2.45) is 0 Å². The molecular formula is C19H19NO5. The number of hydrogen-bond donors (Lipinski definition) is 0. The van der Waals surface area contributed by atoms with E-state index in [2.05, 4.69) is 0 Å². The number of allylic oxidation sites excluding steroid dienone is 1. The Kier molecular flexibility index (Phi) is 6.28. The highest BCUT2D eigenvalue weighted by atomic mass is 16.6. The van der Waals surface area contributed by atoms with Crippen molar-refractivity contribution < 1.29 is 19.2 Å². The molecule has 0 saturated heterocycles. The standard InChI is InChI=1S/C19H19NO5/c1-3-11-25-19-12-14(8-10-18(19)24-2)7-9-17(21)15-5-4-6-16(13-15)20(22)23/h4-10,12-13H,3,11H2,1-2H3/b9-7+. The van der Waals surface area contributed by atoms with E-state index in [0.717, 1.165) is 12.0 Å². The van der Waals surface area contributed by atoms with Gasteiger partial charge in [-0.2, -0.15) is 0 Å². The summed E-state index contributed by atoms with van der Waals surface area (Å²) in [5.41, 5.74) is 0.922. The monoisotopic (exact) mass is 341 g/mol. The Labute approximate surface area is 145 Å². The zero-order chi connectivity index (χ0) is 18.2. The van der Waals surface area contributed by atoms with Crippen LogP contribution in [0.4, 0.5) is 5.69 Å². The second-order valence-electron chi connectivity index (χ2n) is 5.26. The minimum atomic E-state index is -0.526. The number of rotatable bonds is 8. The Morgan fingerprint density at radius 2 is 2.00 bits per heavy atom. The molecule has 0 N–H and O–H groups in total. The first-order valence-corrected chi connectivity index (χ1v) is 7.83. The second-order valence-corrected chi connectivity index (χ2v) is 5.26. The van der Waals surface area contributed by atoms with Crippen molar-refractivity contribution in [1.29, 1.82) is 0 Å². The minimum absolute atomic E-state index is 0.112. The molecule has 0 aliphatic heterocycles. The van der Waals surface area contributed by atoms with Crippen molar-refractivity contribution >= 4 is 17.5 Å². The van der Waals surface area contributed by atoms with Gasteiger partial charge in [-0.15, -0.1) is 0 Å². The lowest BCUT2D eigenvalue weighted by molar-refractivity contribution is -0.384.